The maximum Gasteiger partial charge on any atom is 0.0733 e. The highest BCUT2D eigenvalue weighted by atomic mass is 35.5. The van der Waals surface area contributed by atoms with Gasteiger partial charge in [0.05, 0.1) is 20.0 Å². The molecule has 0 unspecified atom stereocenters. The van der Waals surface area contributed by atoms with Crippen LogP contribution in [-0.4, -0.2) is 41.9 Å². The van der Waals surface area contributed by atoms with Crippen molar-refractivity contribution < 1.29 is 0 Å². The van der Waals surface area contributed by atoms with Gasteiger partial charge in [-0.05, 0) is 49.9 Å². The van der Waals surface area contributed by atoms with Gasteiger partial charge in [-0.3, -0.25) is 9.80 Å². The molecule has 138 valence electrons. The smallest absolute Gasteiger partial charge is 0.0733 e. The average Bonchev–Trinajstić information content (AvgIpc) is 2.69. The van der Waals surface area contributed by atoms with E-state index < -0.39 is 0 Å². The zero-order valence-electron chi connectivity index (χ0n) is 15.4. The summed E-state index contributed by atoms with van der Waals surface area (Å²) in [6.45, 7) is 3.30. The van der Waals surface area contributed by atoms with Crippen LogP contribution < -0.4 is 4.90 Å². The van der Waals surface area contributed by atoms with E-state index in [0.717, 1.165) is 30.4 Å². The van der Waals surface area contributed by atoms with Crippen molar-refractivity contribution in [2.75, 3.05) is 24.9 Å². The molecule has 0 amide bonds. The summed E-state index contributed by atoms with van der Waals surface area (Å²) < 4.78 is 0. The summed E-state index contributed by atoms with van der Waals surface area (Å²) in [5, 5.41) is 0.828. The highest BCUT2D eigenvalue weighted by Gasteiger charge is 2.33. The zero-order valence-corrected chi connectivity index (χ0v) is 16.1. The molecule has 1 aromatic carbocycles. The Morgan fingerprint density at radius 1 is 0.640 bits per heavy atom. The van der Waals surface area contributed by atoms with Gasteiger partial charge < -0.3 is 4.90 Å². The number of nitrogens with zero attached hydrogens (tertiary/aromatic N) is 3. The monoisotopic (exact) mass is 361 g/mol. The van der Waals surface area contributed by atoms with Crippen molar-refractivity contribution in [1.29, 1.82) is 0 Å². The molecule has 1 heterocycles. The zero-order chi connectivity index (χ0) is 17.1. The lowest BCUT2D eigenvalue weighted by Crippen LogP contribution is -2.60. The third-order valence-corrected chi connectivity index (χ3v) is 6.69. The predicted molar refractivity (Wildman–Crippen MR) is 106 cm³/mol. The first-order chi connectivity index (χ1) is 12.3. The van der Waals surface area contributed by atoms with Crippen LogP contribution in [0.4, 0.5) is 5.69 Å². The Balaban J connectivity index is 1.52. The molecule has 2 aliphatic carbocycles. The molecule has 0 radical (unpaired) electrons. The Bertz CT molecular complexity index is 509. The molecule has 25 heavy (non-hydrogen) atoms. The number of rotatable bonds is 3. The average molecular weight is 362 g/mol. The molecular weight excluding hydrogens is 330 g/mol. The van der Waals surface area contributed by atoms with Crippen molar-refractivity contribution in [3.05, 3.63) is 29.3 Å². The number of halogens is 1. The summed E-state index contributed by atoms with van der Waals surface area (Å²) >= 11 is 6.11. The van der Waals surface area contributed by atoms with Crippen LogP contribution in [-0.2, 0) is 0 Å². The molecule has 4 heteroatoms. The molecule has 0 spiro atoms. The van der Waals surface area contributed by atoms with Crippen LogP contribution in [0.5, 0.6) is 0 Å². The molecule has 3 aliphatic rings. The van der Waals surface area contributed by atoms with Crippen molar-refractivity contribution >= 4 is 17.3 Å². The van der Waals surface area contributed by atoms with E-state index in [1.165, 1.54) is 76.6 Å². The van der Waals surface area contributed by atoms with Crippen LogP contribution in [0.15, 0.2) is 24.3 Å². The van der Waals surface area contributed by atoms with E-state index in [0.29, 0.717) is 0 Å². The number of benzene rings is 1. The standard InChI is InChI=1S/C21H32ClN3/c22-18-11-13-21(14-12-18)25-16-23(19-7-3-1-4-8-19)15-24(17-25)20-9-5-2-6-10-20/h11-14,19-20H,1-10,15-17H2. The van der Waals surface area contributed by atoms with Crippen LogP contribution >= 0.6 is 11.6 Å². The maximum atomic E-state index is 6.11. The molecule has 4 rings (SSSR count). The molecule has 2 saturated carbocycles. The summed E-state index contributed by atoms with van der Waals surface area (Å²) in [6, 6.07) is 9.98. The van der Waals surface area contributed by atoms with E-state index in [-0.39, 0.29) is 0 Å². The summed E-state index contributed by atoms with van der Waals surface area (Å²) in [7, 11) is 0. The van der Waals surface area contributed by atoms with E-state index in [4.69, 9.17) is 11.6 Å². The van der Waals surface area contributed by atoms with Gasteiger partial charge in [0.15, 0.2) is 0 Å². The van der Waals surface area contributed by atoms with Gasteiger partial charge in [-0.1, -0.05) is 50.1 Å². The van der Waals surface area contributed by atoms with E-state index in [1.54, 1.807) is 0 Å². The highest BCUT2D eigenvalue weighted by molar-refractivity contribution is 6.30. The van der Waals surface area contributed by atoms with Crippen molar-refractivity contribution in [3.63, 3.8) is 0 Å². The minimum absolute atomic E-state index is 0.773. The Hall–Kier alpha value is -0.770. The fraction of sp³-hybridized carbons (Fsp3) is 0.714. The number of hydrogen-bond acceptors (Lipinski definition) is 3. The minimum Gasteiger partial charge on any atom is -0.345 e. The molecule has 0 N–H and O–H groups in total. The number of hydrogen-bond donors (Lipinski definition) is 0. The van der Waals surface area contributed by atoms with Gasteiger partial charge in [-0.25, -0.2) is 0 Å². The van der Waals surface area contributed by atoms with Gasteiger partial charge >= 0.3 is 0 Å². The van der Waals surface area contributed by atoms with Gasteiger partial charge in [0.2, 0.25) is 0 Å². The quantitative estimate of drug-likeness (QED) is 0.723. The van der Waals surface area contributed by atoms with Crippen LogP contribution in [0.2, 0.25) is 5.02 Å². The summed E-state index contributed by atoms with van der Waals surface area (Å²) in [4.78, 5) is 8.07. The molecule has 1 aromatic rings. The van der Waals surface area contributed by atoms with E-state index in [1.807, 2.05) is 12.1 Å². The minimum atomic E-state index is 0.773. The molecule has 0 atom stereocenters. The summed E-state index contributed by atoms with van der Waals surface area (Å²) in [5.74, 6) is 0. The SMILES string of the molecule is Clc1ccc(N2CN(C3CCCCC3)CN(C3CCCCC3)C2)cc1. The van der Waals surface area contributed by atoms with E-state index in [9.17, 15) is 0 Å². The van der Waals surface area contributed by atoms with Crippen molar-refractivity contribution in [2.45, 2.75) is 76.3 Å². The van der Waals surface area contributed by atoms with Gasteiger partial charge in [0, 0.05) is 22.8 Å². The fourth-order valence-corrected chi connectivity index (χ4v) is 5.10. The molecular formula is C21H32ClN3. The van der Waals surface area contributed by atoms with Crippen LogP contribution in [0.25, 0.3) is 0 Å². The second-order valence-corrected chi connectivity index (χ2v) is 8.64. The fourth-order valence-electron chi connectivity index (χ4n) is 4.98. The first kappa shape index (κ1) is 17.6. The van der Waals surface area contributed by atoms with Crippen molar-refractivity contribution in [2.24, 2.45) is 0 Å². The molecule has 3 nitrogen and oxygen atoms in total. The molecule has 3 fully saturated rings. The highest BCUT2D eigenvalue weighted by Crippen LogP contribution is 2.30. The molecule has 1 aliphatic heterocycles. The van der Waals surface area contributed by atoms with E-state index in [2.05, 4.69) is 26.8 Å². The third kappa shape index (κ3) is 4.32. The second kappa shape index (κ2) is 8.28. The Kier molecular flexibility index (Phi) is 5.84. The lowest BCUT2D eigenvalue weighted by molar-refractivity contribution is 0.00641. The lowest BCUT2D eigenvalue weighted by Gasteiger charge is -2.50. The lowest BCUT2D eigenvalue weighted by atomic mass is 9.93. The van der Waals surface area contributed by atoms with E-state index >= 15 is 0 Å². The summed E-state index contributed by atoms with van der Waals surface area (Å²) in [5.41, 5.74) is 1.31. The van der Waals surface area contributed by atoms with Crippen LogP contribution in [0.3, 0.4) is 0 Å². The first-order valence-corrected chi connectivity index (χ1v) is 10.7. The van der Waals surface area contributed by atoms with Crippen molar-refractivity contribution in [1.82, 2.24) is 9.80 Å². The Labute approximate surface area is 157 Å². The first-order valence-electron chi connectivity index (χ1n) is 10.3. The van der Waals surface area contributed by atoms with Gasteiger partial charge in [-0.15, -0.1) is 0 Å². The van der Waals surface area contributed by atoms with Gasteiger partial charge in [0.1, 0.15) is 0 Å². The van der Waals surface area contributed by atoms with Crippen molar-refractivity contribution in [3.8, 4) is 0 Å². The normalized spacial score (nSPS) is 25.4. The largest absolute Gasteiger partial charge is 0.345 e. The molecule has 0 bridgehead atoms. The van der Waals surface area contributed by atoms with Gasteiger partial charge in [0.25, 0.3) is 0 Å². The molecule has 1 saturated heterocycles. The van der Waals surface area contributed by atoms with Crippen LogP contribution in [0, 0.1) is 0 Å². The predicted octanol–water partition coefficient (Wildman–Crippen LogP) is 5.30. The second-order valence-electron chi connectivity index (χ2n) is 8.20. The number of anilines is 1. The summed E-state index contributed by atoms with van der Waals surface area (Å²) in [6.07, 6.45) is 14.0. The third-order valence-electron chi connectivity index (χ3n) is 6.44. The Morgan fingerprint density at radius 3 is 1.60 bits per heavy atom. The van der Waals surface area contributed by atoms with Crippen LogP contribution in [0.1, 0.15) is 64.2 Å². The maximum absolute atomic E-state index is 6.11. The molecule has 0 aromatic heterocycles. The van der Waals surface area contributed by atoms with Gasteiger partial charge in [-0.2, -0.15) is 0 Å². The Morgan fingerprint density at radius 2 is 1.12 bits per heavy atom. The topological polar surface area (TPSA) is 9.72 Å².